The number of halogens is 2. The third-order valence-electron chi connectivity index (χ3n) is 3.00. The Morgan fingerprint density at radius 1 is 1.15 bits per heavy atom. The standard InChI is InChI=1S/C16H14BrClN2/c17-12-13-7-8-14(18)11-16(13)20(10-4-9-19)15-5-2-1-3-6-15/h1-3,5-8,11H,4,10,12H2. The molecule has 0 unspecified atom stereocenters. The van der Waals surface area contributed by atoms with Crippen LogP contribution in [-0.4, -0.2) is 6.54 Å². The number of nitrogens with zero attached hydrogens (tertiary/aromatic N) is 2. The van der Waals surface area contributed by atoms with E-state index in [1.807, 2.05) is 48.5 Å². The molecule has 0 saturated carbocycles. The fraction of sp³-hybridized carbons (Fsp3) is 0.188. The summed E-state index contributed by atoms with van der Waals surface area (Å²) in [4.78, 5) is 2.13. The van der Waals surface area contributed by atoms with Gasteiger partial charge in [0.2, 0.25) is 0 Å². The highest BCUT2D eigenvalue weighted by atomic mass is 79.9. The molecular formula is C16H14BrClN2. The van der Waals surface area contributed by atoms with Crippen molar-refractivity contribution >= 4 is 38.9 Å². The van der Waals surface area contributed by atoms with Crippen LogP contribution in [0.4, 0.5) is 11.4 Å². The Morgan fingerprint density at radius 2 is 1.90 bits per heavy atom. The van der Waals surface area contributed by atoms with Crippen LogP contribution in [-0.2, 0) is 5.33 Å². The molecule has 0 saturated heterocycles. The summed E-state index contributed by atoms with van der Waals surface area (Å²) >= 11 is 9.64. The summed E-state index contributed by atoms with van der Waals surface area (Å²) in [5.74, 6) is 0. The van der Waals surface area contributed by atoms with Gasteiger partial charge < -0.3 is 4.90 Å². The first-order valence-corrected chi connectivity index (χ1v) is 7.80. The lowest BCUT2D eigenvalue weighted by atomic mass is 10.1. The molecule has 0 aliphatic rings. The largest absolute Gasteiger partial charge is 0.340 e. The summed E-state index contributed by atoms with van der Waals surface area (Å²) in [6.45, 7) is 0.640. The fourth-order valence-electron chi connectivity index (χ4n) is 2.06. The van der Waals surface area contributed by atoms with Crippen LogP contribution in [0.2, 0.25) is 5.02 Å². The van der Waals surface area contributed by atoms with Crippen LogP contribution in [0.15, 0.2) is 48.5 Å². The van der Waals surface area contributed by atoms with Crippen molar-refractivity contribution in [2.75, 3.05) is 11.4 Å². The van der Waals surface area contributed by atoms with E-state index >= 15 is 0 Å². The quantitative estimate of drug-likeness (QED) is 0.686. The molecule has 4 heteroatoms. The van der Waals surface area contributed by atoms with Gasteiger partial charge >= 0.3 is 0 Å². The lowest BCUT2D eigenvalue weighted by molar-refractivity contribution is 0.943. The minimum atomic E-state index is 0.461. The third-order valence-corrected chi connectivity index (χ3v) is 3.84. The van der Waals surface area contributed by atoms with E-state index in [1.54, 1.807) is 0 Å². The number of anilines is 2. The molecule has 0 spiro atoms. The van der Waals surface area contributed by atoms with E-state index in [1.165, 1.54) is 0 Å². The topological polar surface area (TPSA) is 27.0 Å². The van der Waals surface area contributed by atoms with E-state index in [2.05, 4.69) is 26.9 Å². The number of para-hydroxylation sites is 1. The molecule has 0 amide bonds. The molecule has 0 aromatic heterocycles. The Hall–Kier alpha value is -1.50. The number of nitriles is 1. The molecule has 0 radical (unpaired) electrons. The molecule has 2 rings (SSSR count). The SMILES string of the molecule is N#CCCN(c1ccccc1)c1cc(Cl)ccc1CBr. The van der Waals surface area contributed by atoms with Crippen molar-refractivity contribution in [2.24, 2.45) is 0 Å². The van der Waals surface area contributed by atoms with E-state index < -0.39 is 0 Å². The van der Waals surface area contributed by atoms with Gasteiger partial charge in [0.15, 0.2) is 0 Å². The first-order valence-electron chi connectivity index (χ1n) is 6.30. The molecule has 0 fully saturated rings. The third kappa shape index (κ3) is 3.53. The predicted molar refractivity (Wildman–Crippen MR) is 87.8 cm³/mol. The van der Waals surface area contributed by atoms with Crippen LogP contribution in [0.3, 0.4) is 0 Å². The molecule has 2 aromatic rings. The van der Waals surface area contributed by atoms with Crippen LogP contribution in [0.25, 0.3) is 0 Å². The van der Waals surface area contributed by atoms with Crippen molar-refractivity contribution < 1.29 is 0 Å². The second-order valence-electron chi connectivity index (χ2n) is 4.30. The maximum Gasteiger partial charge on any atom is 0.0640 e. The Bertz CT molecular complexity index is 608. The molecule has 102 valence electrons. The summed E-state index contributed by atoms with van der Waals surface area (Å²) in [6, 6.07) is 18.1. The molecular weight excluding hydrogens is 336 g/mol. The van der Waals surface area contributed by atoms with Gasteiger partial charge in [-0.2, -0.15) is 5.26 Å². The minimum Gasteiger partial charge on any atom is -0.340 e. The smallest absolute Gasteiger partial charge is 0.0640 e. The number of benzene rings is 2. The predicted octanol–water partition coefficient (Wildman–Crippen LogP) is 5.29. The highest BCUT2D eigenvalue weighted by molar-refractivity contribution is 9.08. The lowest BCUT2D eigenvalue weighted by Crippen LogP contribution is -2.19. The normalized spacial score (nSPS) is 10.1. The first kappa shape index (κ1) is 14.9. The second-order valence-corrected chi connectivity index (χ2v) is 5.30. The van der Waals surface area contributed by atoms with Gasteiger partial charge in [0.05, 0.1) is 12.5 Å². The molecule has 2 aromatic carbocycles. The van der Waals surface area contributed by atoms with Crippen molar-refractivity contribution in [1.29, 1.82) is 5.26 Å². The average molecular weight is 350 g/mol. The van der Waals surface area contributed by atoms with Crippen molar-refractivity contribution in [1.82, 2.24) is 0 Å². The minimum absolute atomic E-state index is 0.461. The Morgan fingerprint density at radius 3 is 2.55 bits per heavy atom. The van der Waals surface area contributed by atoms with Gasteiger partial charge in [0.25, 0.3) is 0 Å². The highest BCUT2D eigenvalue weighted by Gasteiger charge is 2.13. The first-order chi connectivity index (χ1) is 9.76. The fourth-order valence-corrected chi connectivity index (χ4v) is 2.70. The molecule has 0 aliphatic heterocycles. The van der Waals surface area contributed by atoms with E-state index in [0.29, 0.717) is 18.0 Å². The average Bonchev–Trinajstić information content (AvgIpc) is 2.49. The van der Waals surface area contributed by atoms with Gasteiger partial charge in [-0.05, 0) is 29.8 Å². The second kappa shape index (κ2) is 7.33. The monoisotopic (exact) mass is 348 g/mol. The van der Waals surface area contributed by atoms with Gasteiger partial charge in [0, 0.05) is 28.3 Å². The van der Waals surface area contributed by atoms with Gasteiger partial charge in [0.1, 0.15) is 0 Å². The van der Waals surface area contributed by atoms with Crippen LogP contribution in [0.1, 0.15) is 12.0 Å². The van der Waals surface area contributed by atoms with Gasteiger partial charge in [-0.15, -0.1) is 0 Å². The molecule has 0 N–H and O–H groups in total. The number of alkyl halides is 1. The molecule has 2 nitrogen and oxygen atoms in total. The summed E-state index contributed by atoms with van der Waals surface area (Å²) in [5, 5.41) is 10.3. The zero-order chi connectivity index (χ0) is 14.4. The number of hydrogen-bond acceptors (Lipinski definition) is 2. The molecule has 0 heterocycles. The Balaban J connectivity index is 2.46. The maximum atomic E-state index is 8.88. The number of hydrogen-bond donors (Lipinski definition) is 0. The van der Waals surface area contributed by atoms with Crippen molar-refractivity contribution in [3.63, 3.8) is 0 Å². The van der Waals surface area contributed by atoms with E-state index in [-0.39, 0.29) is 0 Å². The van der Waals surface area contributed by atoms with Crippen LogP contribution in [0.5, 0.6) is 0 Å². The van der Waals surface area contributed by atoms with Gasteiger partial charge in [-0.3, -0.25) is 0 Å². The highest BCUT2D eigenvalue weighted by Crippen LogP contribution is 2.32. The molecule has 20 heavy (non-hydrogen) atoms. The van der Waals surface area contributed by atoms with Crippen LogP contribution in [0, 0.1) is 11.3 Å². The summed E-state index contributed by atoms with van der Waals surface area (Å²) in [6.07, 6.45) is 0.461. The Kier molecular flexibility index (Phi) is 5.46. The van der Waals surface area contributed by atoms with E-state index in [4.69, 9.17) is 16.9 Å². The van der Waals surface area contributed by atoms with Gasteiger partial charge in [-0.1, -0.05) is 51.8 Å². The molecule has 0 bridgehead atoms. The molecule has 0 atom stereocenters. The van der Waals surface area contributed by atoms with Crippen molar-refractivity contribution in [3.05, 3.63) is 59.1 Å². The van der Waals surface area contributed by atoms with Crippen LogP contribution >= 0.6 is 27.5 Å². The van der Waals surface area contributed by atoms with E-state index in [9.17, 15) is 0 Å². The Labute approximate surface area is 132 Å². The van der Waals surface area contributed by atoms with E-state index in [0.717, 1.165) is 22.3 Å². The maximum absolute atomic E-state index is 8.88. The van der Waals surface area contributed by atoms with Crippen molar-refractivity contribution in [2.45, 2.75) is 11.8 Å². The number of rotatable bonds is 5. The lowest BCUT2D eigenvalue weighted by Gasteiger charge is -2.26. The zero-order valence-corrected chi connectivity index (χ0v) is 13.2. The summed E-state index contributed by atoms with van der Waals surface area (Å²) in [7, 11) is 0. The summed E-state index contributed by atoms with van der Waals surface area (Å²) < 4.78 is 0. The van der Waals surface area contributed by atoms with Crippen LogP contribution < -0.4 is 4.90 Å². The summed E-state index contributed by atoms with van der Waals surface area (Å²) in [5.41, 5.74) is 3.25. The van der Waals surface area contributed by atoms with Gasteiger partial charge in [-0.25, -0.2) is 0 Å². The zero-order valence-electron chi connectivity index (χ0n) is 10.9. The van der Waals surface area contributed by atoms with Crippen molar-refractivity contribution in [3.8, 4) is 6.07 Å². The molecule has 0 aliphatic carbocycles.